The van der Waals surface area contributed by atoms with Gasteiger partial charge in [0.1, 0.15) is 12.4 Å². The van der Waals surface area contributed by atoms with Crippen molar-refractivity contribution in [2.75, 3.05) is 26.2 Å². The molecule has 1 rings (SSSR count). The quantitative estimate of drug-likeness (QED) is 0.530. The number of nitro groups is 1. The number of carbonyl (C=O) groups excluding carboxylic acids is 1. The number of carbonyl (C=O) groups is 1. The molecule has 0 atom stereocenters. The number of hydrogen-bond donors (Lipinski definition) is 1. The Morgan fingerprint density at radius 3 is 2.75 bits per heavy atom. The lowest BCUT2D eigenvalue weighted by Gasteiger charge is -2.17. The Morgan fingerprint density at radius 1 is 1.50 bits per heavy atom. The summed E-state index contributed by atoms with van der Waals surface area (Å²) >= 11 is 0. The Kier molecular flexibility index (Phi) is 6.65. The molecule has 0 aromatic carbocycles. The first kappa shape index (κ1) is 16.1. The van der Waals surface area contributed by atoms with Crippen LogP contribution in [0, 0.1) is 10.1 Å². The van der Waals surface area contributed by atoms with Crippen LogP contribution in [0.3, 0.4) is 0 Å². The van der Waals surface area contributed by atoms with Gasteiger partial charge in [-0.2, -0.15) is 5.10 Å². The first-order valence-corrected chi connectivity index (χ1v) is 6.72. The van der Waals surface area contributed by atoms with Crippen molar-refractivity contribution in [3.63, 3.8) is 0 Å². The van der Waals surface area contributed by atoms with E-state index >= 15 is 0 Å². The standard InChI is InChI=1S/C12H21N5O3/c1-3-15(4-2)8-6-13-12(18)5-7-16-10-11(9-14-16)17(19)20/h9-10H,3-8H2,1-2H3,(H,13,18). The molecule has 8 nitrogen and oxygen atoms in total. The average molecular weight is 283 g/mol. The van der Waals surface area contributed by atoms with E-state index in [4.69, 9.17) is 0 Å². The molecule has 8 heteroatoms. The summed E-state index contributed by atoms with van der Waals surface area (Å²) in [5, 5.41) is 17.1. The van der Waals surface area contributed by atoms with Gasteiger partial charge in [0, 0.05) is 26.1 Å². The van der Waals surface area contributed by atoms with Gasteiger partial charge in [-0.1, -0.05) is 13.8 Å². The number of rotatable bonds is 9. The first-order valence-electron chi connectivity index (χ1n) is 6.72. The van der Waals surface area contributed by atoms with Crippen LogP contribution in [0.4, 0.5) is 5.69 Å². The Balaban J connectivity index is 2.24. The highest BCUT2D eigenvalue weighted by Gasteiger charge is 2.09. The molecule has 112 valence electrons. The fraction of sp³-hybridized carbons (Fsp3) is 0.667. The van der Waals surface area contributed by atoms with Crippen molar-refractivity contribution in [2.45, 2.75) is 26.8 Å². The van der Waals surface area contributed by atoms with Gasteiger partial charge in [-0.05, 0) is 13.1 Å². The van der Waals surface area contributed by atoms with Crippen LogP contribution >= 0.6 is 0 Å². The minimum atomic E-state index is -0.506. The Hall–Kier alpha value is -1.96. The molecule has 0 aliphatic rings. The van der Waals surface area contributed by atoms with Crippen molar-refractivity contribution in [2.24, 2.45) is 0 Å². The van der Waals surface area contributed by atoms with E-state index in [0.717, 1.165) is 19.6 Å². The topological polar surface area (TPSA) is 93.3 Å². The molecule has 0 saturated heterocycles. The molecule has 1 aromatic rings. The second-order valence-corrected chi connectivity index (χ2v) is 4.35. The molecule has 0 aliphatic carbocycles. The molecule has 1 heterocycles. The minimum absolute atomic E-state index is 0.0630. The van der Waals surface area contributed by atoms with Crippen LogP contribution in [0.5, 0.6) is 0 Å². The molecule has 0 spiro atoms. The van der Waals surface area contributed by atoms with E-state index in [2.05, 4.69) is 29.2 Å². The number of nitrogens with one attached hydrogen (secondary N) is 1. The fourth-order valence-electron chi connectivity index (χ4n) is 1.77. The smallest absolute Gasteiger partial charge is 0.306 e. The van der Waals surface area contributed by atoms with Gasteiger partial charge in [-0.15, -0.1) is 0 Å². The van der Waals surface area contributed by atoms with Crippen molar-refractivity contribution in [1.82, 2.24) is 20.0 Å². The Morgan fingerprint density at radius 2 is 2.20 bits per heavy atom. The van der Waals surface area contributed by atoms with Crippen LogP contribution in [0.2, 0.25) is 0 Å². The normalized spacial score (nSPS) is 10.8. The van der Waals surface area contributed by atoms with Crippen molar-refractivity contribution in [1.29, 1.82) is 0 Å². The lowest BCUT2D eigenvalue weighted by Crippen LogP contribution is -2.35. The summed E-state index contributed by atoms with van der Waals surface area (Å²) in [6.07, 6.45) is 2.76. The van der Waals surface area contributed by atoms with E-state index in [-0.39, 0.29) is 18.0 Å². The molecule has 0 bridgehead atoms. The maximum atomic E-state index is 11.6. The highest BCUT2D eigenvalue weighted by molar-refractivity contribution is 5.75. The van der Waals surface area contributed by atoms with Gasteiger partial charge in [0.15, 0.2) is 0 Å². The molecule has 0 unspecified atom stereocenters. The number of hydrogen-bond acceptors (Lipinski definition) is 5. The predicted octanol–water partition coefficient (Wildman–Crippen LogP) is 0.639. The van der Waals surface area contributed by atoms with Crippen LogP contribution in [0.1, 0.15) is 20.3 Å². The highest BCUT2D eigenvalue weighted by atomic mass is 16.6. The van der Waals surface area contributed by atoms with E-state index < -0.39 is 4.92 Å². The third kappa shape index (κ3) is 5.35. The largest absolute Gasteiger partial charge is 0.355 e. The molecule has 0 saturated carbocycles. The van der Waals surface area contributed by atoms with Crippen LogP contribution in [0.15, 0.2) is 12.4 Å². The highest BCUT2D eigenvalue weighted by Crippen LogP contribution is 2.07. The zero-order valence-electron chi connectivity index (χ0n) is 11.9. The molecule has 0 aliphatic heterocycles. The maximum Gasteiger partial charge on any atom is 0.306 e. The van der Waals surface area contributed by atoms with Crippen LogP contribution < -0.4 is 5.32 Å². The number of likely N-dealkylation sites (N-methyl/N-ethyl adjacent to an activating group) is 1. The Bertz CT molecular complexity index is 442. The van der Waals surface area contributed by atoms with Gasteiger partial charge in [0.05, 0.1) is 4.92 Å². The van der Waals surface area contributed by atoms with Crippen molar-refractivity contribution in [3.8, 4) is 0 Å². The molecule has 20 heavy (non-hydrogen) atoms. The molecular formula is C12H21N5O3. The lowest BCUT2D eigenvalue weighted by molar-refractivity contribution is -0.385. The zero-order valence-corrected chi connectivity index (χ0v) is 11.9. The van der Waals surface area contributed by atoms with Crippen molar-refractivity contribution >= 4 is 11.6 Å². The predicted molar refractivity (Wildman–Crippen MR) is 74.3 cm³/mol. The Labute approximate surface area is 117 Å². The summed E-state index contributed by atoms with van der Waals surface area (Å²) in [5.74, 6) is -0.0738. The summed E-state index contributed by atoms with van der Waals surface area (Å²) in [4.78, 5) is 23.8. The molecule has 1 N–H and O–H groups in total. The number of aromatic nitrogens is 2. The third-order valence-electron chi connectivity index (χ3n) is 3.04. The fourth-order valence-corrected chi connectivity index (χ4v) is 1.77. The second-order valence-electron chi connectivity index (χ2n) is 4.35. The monoisotopic (exact) mass is 283 g/mol. The van der Waals surface area contributed by atoms with Gasteiger partial charge < -0.3 is 10.2 Å². The summed E-state index contributed by atoms with van der Waals surface area (Å²) in [7, 11) is 0. The number of amides is 1. The van der Waals surface area contributed by atoms with E-state index in [1.807, 2.05) is 0 Å². The summed E-state index contributed by atoms with van der Waals surface area (Å²) < 4.78 is 1.40. The van der Waals surface area contributed by atoms with E-state index in [1.54, 1.807) is 0 Å². The van der Waals surface area contributed by atoms with Gasteiger partial charge in [-0.3, -0.25) is 19.6 Å². The summed E-state index contributed by atoms with van der Waals surface area (Å²) in [6.45, 7) is 7.86. The van der Waals surface area contributed by atoms with Crippen LogP contribution in [-0.4, -0.2) is 51.7 Å². The van der Waals surface area contributed by atoms with Crippen molar-refractivity contribution < 1.29 is 9.72 Å². The van der Waals surface area contributed by atoms with E-state index in [0.29, 0.717) is 13.1 Å². The van der Waals surface area contributed by atoms with Crippen LogP contribution in [0.25, 0.3) is 0 Å². The number of aryl methyl sites for hydroxylation is 1. The molecule has 0 fully saturated rings. The van der Waals surface area contributed by atoms with E-state index in [1.165, 1.54) is 17.1 Å². The molecule has 0 radical (unpaired) electrons. The maximum absolute atomic E-state index is 11.6. The third-order valence-corrected chi connectivity index (χ3v) is 3.04. The van der Waals surface area contributed by atoms with Gasteiger partial charge >= 0.3 is 5.69 Å². The molecule has 1 amide bonds. The minimum Gasteiger partial charge on any atom is -0.355 e. The van der Waals surface area contributed by atoms with Gasteiger partial charge in [0.2, 0.25) is 5.91 Å². The summed E-state index contributed by atoms with van der Waals surface area (Å²) in [6, 6.07) is 0. The SMILES string of the molecule is CCN(CC)CCNC(=O)CCn1cc([N+](=O)[O-])cn1. The first-order chi connectivity index (χ1) is 9.56. The van der Waals surface area contributed by atoms with E-state index in [9.17, 15) is 14.9 Å². The van der Waals surface area contributed by atoms with Gasteiger partial charge in [-0.25, -0.2) is 0 Å². The van der Waals surface area contributed by atoms with Crippen LogP contribution in [-0.2, 0) is 11.3 Å². The number of nitrogens with zero attached hydrogens (tertiary/aromatic N) is 4. The molecule has 1 aromatic heterocycles. The lowest BCUT2D eigenvalue weighted by atomic mass is 10.4. The average Bonchev–Trinajstić information content (AvgIpc) is 2.90. The second kappa shape index (κ2) is 8.26. The molecular weight excluding hydrogens is 262 g/mol. The van der Waals surface area contributed by atoms with Crippen molar-refractivity contribution in [3.05, 3.63) is 22.5 Å². The zero-order chi connectivity index (χ0) is 15.0. The summed E-state index contributed by atoms with van der Waals surface area (Å²) in [5.41, 5.74) is -0.0630. The van der Waals surface area contributed by atoms with Gasteiger partial charge in [0.25, 0.3) is 0 Å².